The van der Waals surface area contributed by atoms with Gasteiger partial charge >= 0.3 is 6.18 Å². The number of carbonyl (C=O) groups excluding carboxylic acids is 2. The Balaban J connectivity index is 1.59. The molecule has 3 aromatic rings. The molecule has 36 heavy (non-hydrogen) atoms. The fraction of sp³-hybridized carbons (Fsp3) is 0.259. The average molecular weight is 499 g/mol. The number of hydrogen-bond donors (Lipinski definition) is 1. The maximum Gasteiger partial charge on any atom is 0.416 e. The number of hydrogen-bond acceptors (Lipinski definition) is 4. The van der Waals surface area contributed by atoms with E-state index in [4.69, 9.17) is 9.47 Å². The van der Waals surface area contributed by atoms with Crippen LogP contribution in [0.4, 0.5) is 18.9 Å². The molecule has 1 heterocycles. The summed E-state index contributed by atoms with van der Waals surface area (Å²) in [7, 11) is 1.51. The van der Waals surface area contributed by atoms with Gasteiger partial charge < -0.3 is 19.7 Å². The number of rotatable bonds is 6. The maximum absolute atomic E-state index is 13.2. The van der Waals surface area contributed by atoms with Crippen molar-refractivity contribution in [2.75, 3.05) is 12.4 Å². The summed E-state index contributed by atoms with van der Waals surface area (Å²) >= 11 is 0. The predicted octanol–water partition coefficient (Wildman–Crippen LogP) is 5.67. The first-order valence-electron chi connectivity index (χ1n) is 11.4. The average Bonchev–Trinajstić information content (AvgIpc) is 2.99. The SMILES string of the molecule is CC[C@H]1Oc2ccc(NC(=O)c3cccc(OC)c3)cc2CN(Cc2cccc(C(F)(F)F)c2)C1=O. The summed E-state index contributed by atoms with van der Waals surface area (Å²) in [5.74, 6) is 0.383. The summed E-state index contributed by atoms with van der Waals surface area (Å²) in [6, 6.07) is 16.7. The van der Waals surface area contributed by atoms with Crippen LogP contribution in [0, 0.1) is 0 Å². The van der Waals surface area contributed by atoms with E-state index in [2.05, 4.69) is 5.32 Å². The summed E-state index contributed by atoms with van der Waals surface area (Å²) in [6.07, 6.45) is -4.85. The van der Waals surface area contributed by atoms with E-state index in [1.807, 2.05) is 0 Å². The smallest absolute Gasteiger partial charge is 0.416 e. The second-order valence-electron chi connectivity index (χ2n) is 8.42. The van der Waals surface area contributed by atoms with Crippen LogP contribution in [0.25, 0.3) is 0 Å². The first-order valence-corrected chi connectivity index (χ1v) is 11.4. The largest absolute Gasteiger partial charge is 0.497 e. The Morgan fingerprint density at radius 3 is 2.61 bits per heavy atom. The number of nitrogens with zero attached hydrogens (tertiary/aromatic N) is 1. The van der Waals surface area contributed by atoms with Crippen LogP contribution in [-0.2, 0) is 24.1 Å². The lowest BCUT2D eigenvalue weighted by Crippen LogP contribution is -2.38. The van der Waals surface area contributed by atoms with Crippen LogP contribution in [0.1, 0.15) is 40.4 Å². The number of ether oxygens (including phenoxy) is 2. The molecule has 9 heteroatoms. The normalized spacial score (nSPS) is 15.5. The van der Waals surface area contributed by atoms with Crippen molar-refractivity contribution in [2.45, 2.75) is 38.7 Å². The van der Waals surface area contributed by atoms with Gasteiger partial charge in [0.05, 0.1) is 12.7 Å². The lowest BCUT2D eigenvalue weighted by Gasteiger charge is -2.23. The van der Waals surface area contributed by atoms with E-state index in [1.165, 1.54) is 18.1 Å². The van der Waals surface area contributed by atoms with E-state index < -0.39 is 17.8 Å². The number of alkyl halides is 3. The van der Waals surface area contributed by atoms with Gasteiger partial charge in [0.2, 0.25) is 0 Å². The quantitative estimate of drug-likeness (QED) is 0.476. The molecule has 6 nitrogen and oxygen atoms in total. The molecule has 0 saturated heterocycles. The second-order valence-corrected chi connectivity index (χ2v) is 8.42. The highest BCUT2D eigenvalue weighted by molar-refractivity contribution is 6.04. The molecule has 0 aromatic heterocycles. The van der Waals surface area contributed by atoms with E-state index in [1.54, 1.807) is 55.5 Å². The molecule has 0 bridgehead atoms. The summed E-state index contributed by atoms with van der Waals surface area (Å²) in [5, 5.41) is 2.83. The van der Waals surface area contributed by atoms with Gasteiger partial charge in [0.15, 0.2) is 6.10 Å². The fourth-order valence-electron chi connectivity index (χ4n) is 4.01. The first-order chi connectivity index (χ1) is 17.2. The zero-order valence-electron chi connectivity index (χ0n) is 19.8. The molecule has 0 fully saturated rings. The van der Waals surface area contributed by atoms with Gasteiger partial charge in [-0.2, -0.15) is 13.2 Å². The van der Waals surface area contributed by atoms with E-state index in [0.717, 1.165) is 12.1 Å². The molecule has 0 saturated carbocycles. The van der Waals surface area contributed by atoms with Crippen LogP contribution < -0.4 is 14.8 Å². The molecular formula is C27H25F3N2O4. The zero-order chi connectivity index (χ0) is 25.9. The van der Waals surface area contributed by atoms with Crippen molar-refractivity contribution < 1.29 is 32.2 Å². The van der Waals surface area contributed by atoms with Gasteiger partial charge in [-0.05, 0) is 60.5 Å². The Morgan fingerprint density at radius 1 is 1.11 bits per heavy atom. The summed E-state index contributed by atoms with van der Waals surface area (Å²) < 4.78 is 50.6. The highest BCUT2D eigenvalue weighted by Gasteiger charge is 2.32. The van der Waals surface area contributed by atoms with Gasteiger partial charge in [-0.15, -0.1) is 0 Å². The van der Waals surface area contributed by atoms with Crippen molar-refractivity contribution in [3.05, 3.63) is 89.0 Å². The number of fused-ring (bicyclic) bond motifs is 1. The fourth-order valence-corrected chi connectivity index (χ4v) is 4.01. The van der Waals surface area contributed by atoms with Crippen LogP contribution in [0.15, 0.2) is 66.7 Å². The minimum Gasteiger partial charge on any atom is -0.497 e. The highest BCUT2D eigenvalue weighted by Crippen LogP contribution is 2.32. The Bertz CT molecular complexity index is 1280. The van der Waals surface area contributed by atoms with Crippen molar-refractivity contribution in [1.82, 2.24) is 4.90 Å². The number of carbonyl (C=O) groups is 2. The van der Waals surface area contributed by atoms with Crippen molar-refractivity contribution in [2.24, 2.45) is 0 Å². The van der Waals surface area contributed by atoms with Gasteiger partial charge in [0, 0.05) is 29.9 Å². The Kier molecular flexibility index (Phi) is 7.19. The number of halogens is 3. The van der Waals surface area contributed by atoms with Crippen molar-refractivity contribution in [3.63, 3.8) is 0 Å². The Morgan fingerprint density at radius 2 is 1.89 bits per heavy atom. The molecule has 2 amide bonds. The maximum atomic E-state index is 13.2. The number of anilines is 1. The number of nitrogens with one attached hydrogen (secondary N) is 1. The first kappa shape index (κ1) is 25.1. The van der Waals surface area contributed by atoms with Crippen molar-refractivity contribution in [3.8, 4) is 11.5 Å². The van der Waals surface area contributed by atoms with Crippen LogP contribution in [0.2, 0.25) is 0 Å². The molecule has 188 valence electrons. The molecule has 0 aliphatic carbocycles. The zero-order valence-corrected chi connectivity index (χ0v) is 19.8. The monoisotopic (exact) mass is 498 g/mol. The topological polar surface area (TPSA) is 67.9 Å². The Labute approximate surface area is 206 Å². The molecule has 1 N–H and O–H groups in total. The van der Waals surface area contributed by atoms with Gasteiger partial charge in [0.1, 0.15) is 11.5 Å². The molecule has 0 radical (unpaired) electrons. The summed E-state index contributed by atoms with van der Waals surface area (Å²) in [4.78, 5) is 27.3. The van der Waals surface area contributed by atoms with Gasteiger partial charge in [0.25, 0.3) is 11.8 Å². The molecule has 4 rings (SSSR count). The third kappa shape index (κ3) is 5.62. The van der Waals surface area contributed by atoms with Crippen LogP contribution >= 0.6 is 0 Å². The van der Waals surface area contributed by atoms with E-state index in [9.17, 15) is 22.8 Å². The number of methoxy groups -OCH3 is 1. The van der Waals surface area contributed by atoms with Crippen LogP contribution in [-0.4, -0.2) is 29.9 Å². The molecule has 0 unspecified atom stereocenters. The van der Waals surface area contributed by atoms with E-state index in [-0.39, 0.29) is 24.9 Å². The molecule has 3 aromatic carbocycles. The third-order valence-electron chi connectivity index (χ3n) is 5.87. The van der Waals surface area contributed by atoms with Gasteiger partial charge in [-0.1, -0.05) is 25.1 Å². The third-order valence-corrected chi connectivity index (χ3v) is 5.87. The molecule has 1 aliphatic heterocycles. The van der Waals surface area contributed by atoms with Crippen LogP contribution in [0.3, 0.4) is 0 Å². The van der Waals surface area contributed by atoms with Crippen LogP contribution in [0.5, 0.6) is 11.5 Å². The minimum atomic E-state index is -4.48. The predicted molar refractivity (Wildman–Crippen MR) is 128 cm³/mol. The molecule has 1 aliphatic rings. The van der Waals surface area contributed by atoms with Gasteiger partial charge in [-0.25, -0.2) is 0 Å². The molecule has 0 spiro atoms. The summed E-state index contributed by atoms with van der Waals surface area (Å²) in [6.45, 7) is 1.91. The van der Waals surface area contributed by atoms with Crippen molar-refractivity contribution in [1.29, 1.82) is 0 Å². The van der Waals surface area contributed by atoms with Crippen molar-refractivity contribution >= 4 is 17.5 Å². The Hall–Kier alpha value is -4.01. The number of benzene rings is 3. The van der Waals surface area contributed by atoms with E-state index >= 15 is 0 Å². The molecule has 1 atom stereocenters. The standard InChI is InChI=1S/C27H25F3N2O4/c1-3-23-26(34)32(15-17-6-4-8-20(12-17)27(28,29)30)16-19-13-21(10-11-24(19)36-23)31-25(33)18-7-5-9-22(14-18)35-2/h4-14,23H,3,15-16H2,1-2H3,(H,31,33)/t23-/m1/s1. The van der Waals surface area contributed by atoms with Gasteiger partial charge in [-0.3, -0.25) is 9.59 Å². The van der Waals surface area contributed by atoms with E-state index in [0.29, 0.717) is 40.3 Å². The minimum absolute atomic E-state index is 0.0115. The second kappa shape index (κ2) is 10.3. The highest BCUT2D eigenvalue weighted by atomic mass is 19.4. The lowest BCUT2D eigenvalue weighted by molar-refractivity contribution is -0.139. The lowest BCUT2D eigenvalue weighted by atomic mass is 10.1. The number of amides is 2. The summed E-state index contributed by atoms with van der Waals surface area (Å²) in [5.41, 5.74) is 1.13. The molecular weight excluding hydrogens is 473 g/mol.